The lowest BCUT2D eigenvalue weighted by atomic mass is 9.95. The quantitative estimate of drug-likeness (QED) is 0.365. The molecule has 1 fully saturated rings. The number of nitrogens with zero attached hydrogens (tertiary/aromatic N) is 5. The molecule has 1 atom stereocenters. The van der Waals surface area contributed by atoms with Crippen molar-refractivity contribution in [3.63, 3.8) is 0 Å². The van der Waals surface area contributed by atoms with Crippen molar-refractivity contribution in [3.8, 4) is 11.4 Å². The van der Waals surface area contributed by atoms with Gasteiger partial charge in [0.05, 0.1) is 36.1 Å². The fourth-order valence-electron chi connectivity index (χ4n) is 5.47. The summed E-state index contributed by atoms with van der Waals surface area (Å²) in [7, 11) is 3.40. The van der Waals surface area contributed by atoms with Crippen molar-refractivity contribution in [2.75, 3.05) is 37.5 Å². The molecule has 0 saturated carbocycles. The molecule has 2 aromatic heterocycles. The number of halogens is 1. The van der Waals surface area contributed by atoms with Gasteiger partial charge < -0.3 is 24.3 Å². The summed E-state index contributed by atoms with van der Waals surface area (Å²) in [5.41, 5.74) is 5.67. The molecule has 3 heterocycles. The average molecular weight is 515 g/mol. The van der Waals surface area contributed by atoms with Gasteiger partial charge in [-0.1, -0.05) is 12.1 Å². The number of nitrogens with one attached hydrogen (secondary N) is 1. The zero-order valence-electron chi connectivity index (χ0n) is 22.0. The van der Waals surface area contributed by atoms with Crippen molar-refractivity contribution in [2.24, 2.45) is 0 Å². The average Bonchev–Trinajstić information content (AvgIpc) is 3.53. The summed E-state index contributed by atoms with van der Waals surface area (Å²) in [5.74, 6) is 2.02. The Labute approximate surface area is 221 Å². The fourth-order valence-corrected chi connectivity index (χ4v) is 5.47. The molecule has 2 aromatic carbocycles. The zero-order chi connectivity index (χ0) is 26.4. The van der Waals surface area contributed by atoms with Crippen LogP contribution in [0.15, 0.2) is 55.0 Å². The number of benzene rings is 2. The van der Waals surface area contributed by atoms with Crippen molar-refractivity contribution in [1.29, 1.82) is 0 Å². The van der Waals surface area contributed by atoms with Crippen LogP contribution >= 0.6 is 0 Å². The van der Waals surface area contributed by atoms with Crippen molar-refractivity contribution in [1.82, 2.24) is 19.5 Å². The van der Waals surface area contributed by atoms with Crippen molar-refractivity contribution >= 4 is 17.5 Å². The van der Waals surface area contributed by atoms with Crippen LogP contribution in [0.25, 0.3) is 5.69 Å². The first-order chi connectivity index (χ1) is 18.4. The van der Waals surface area contributed by atoms with Crippen molar-refractivity contribution in [2.45, 2.75) is 38.2 Å². The summed E-state index contributed by atoms with van der Waals surface area (Å²) >= 11 is 0. The van der Waals surface area contributed by atoms with E-state index in [0.717, 1.165) is 65.6 Å². The Bertz CT molecular complexity index is 1480. The Balaban J connectivity index is 1.36. The maximum Gasteiger partial charge on any atom is 0.229 e. The zero-order valence-corrected chi connectivity index (χ0v) is 22.0. The molecule has 196 valence electrons. The third kappa shape index (κ3) is 4.36. The smallest absolute Gasteiger partial charge is 0.229 e. The van der Waals surface area contributed by atoms with Gasteiger partial charge in [0.1, 0.15) is 17.4 Å². The van der Waals surface area contributed by atoms with E-state index in [1.54, 1.807) is 20.5 Å². The first-order valence-corrected chi connectivity index (χ1v) is 12.8. The highest BCUT2D eigenvalue weighted by atomic mass is 19.1. The molecule has 0 spiro atoms. The molecule has 6 rings (SSSR count). The Kier molecular flexibility index (Phi) is 6.03. The number of imidazole rings is 1. The molecule has 1 saturated heterocycles. The molecule has 4 aromatic rings. The molecule has 38 heavy (non-hydrogen) atoms. The van der Waals surface area contributed by atoms with E-state index in [4.69, 9.17) is 19.4 Å². The van der Waals surface area contributed by atoms with Gasteiger partial charge in [-0.2, -0.15) is 4.98 Å². The standard InChI is InChI=1S/C29H31FN6O2/c1-18-14-35(17-31-18)24-12-9-21(13-25(24)37-3)32-28-33-26-22(19-5-7-20(30)8-6-19)10-11-23(26)27(34-28)36-15-29(2,16-36)38-4/h5-9,12-14,17,22H,10-11,15-16H2,1-4H3,(H,32,33,34). The van der Waals surface area contributed by atoms with E-state index in [2.05, 4.69) is 22.1 Å². The minimum atomic E-state index is -0.236. The monoisotopic (exact) mass is 514 g/mol. The number of methoxy groups -OCH3 is 2. The largest absolute Gasteiger partial charge is 0.494 e. The number of hydrogen-bond acceptors (Lipinski definition) is 7. The van der Waals surface area contributed by atoms with E-state index in [-0.39, 0.29) is 17.3 Å². The molecule has 0 bridgehead atoms. The number of aromatic nitrogens is 4. The first kappa shape index (κ1) is 24.4. The lowest BCUT2D eigenvalue weighted by Gasteiger charge is -2.48. The third-order valence-electron chi connectivity index (χ3n) is 7.57. The van der Waals surface area contributed by atoms with E-state index < -0.39 is 0 Å². The van der Waals surface area contributed by atoms with Crippen molar-refractivity contribution < 1.29 is 13.9 Å². The van der Waals surface area contributed by atoms with E-state index in [1.165, 1.54) is 12.1 Å². The predicted molar refractivity (Wildman–Crippen MR) is 144 cm³/mol. The molecule has 0 radical (unpaired) electrons. The summed E-state index contributed by atoms with van der Waals surface area (Å²) in [5, 5.41) is 3.41. The number of hydrogen-bond donors (Lipinski definition) is 1. The van der Waals surface area contributed by atoms with Gasteiger partial charge in [0.25, 0.3) is 0 Å². The molecule has 1 aliphatic heterocycles. The van der Waals surface area contributed by atoms with Crippen LogP contribution in [-0.4, -0.2) is 52.4 Å². The topological polar surface area (TPSA) is 77.3 Å². The van der Waals surface area contributed by atoms with Crippen LogP contribution in [0.2, 0.25) is 0 Å². The summed E-state index contributed by atoms with van der Waals surface area (Å²) in [6, 6.07) is 12.6. The SMILES string of the molecule is COc1cc(Nc2nc3c(c(N4CC(C)(OC)C4)n2)CCC3c2ccc(F)cc2)ccc1-n1cnc(C)c1. The summed E-state index contributed by atoms with van der Waals surface area (Å²) < 4.78 is 27.0. The highest BCUT2D eigenvalue weighted by Gasteiger charge is 2.42. The Hall–Kier alpha value is -3.98. The number of aryl methyl sites for hydroxylation is 1. The van der Waals surface area contributed by atoms with Crippen molar-refractivity contribution in [3.05, 3.63) is 83.3 Å². The van der Waals surface area contributed by atoms with Crippen LogP contribution in [0.3, 0.4) is 0 Å². The van der Waals surface area contributed by atoms with Gasteiger partial charge in [-0.25, -0.2) is 14.4 Å². The van der Waals surface area contributed by atoms with Crippen LogP contribution in [-0.2, 0) is 11.2 Å². The van der Waals surface area contributed by atoms with Gasteiger partial charge in [-0.3, -0.25) is 0 Å². The molecule has 1 unspecified atom stereocenters. The summed E-state index contributed by atoms with van der Waals surface area (Å²) in [6.07, 6.45) is 5.51. The van der Waals surface area contributed by atoms with E-state index in [0.29, 0.717) is 11.7 Å². The van der Waals surface area contributed by atoms with Gasteiger partial charge >= 0.3 is 0 Å². The number of ether oxygens (including phenoxy) is 2. The lowest BCUT2D eigenvalue weighted by molar-refractivity contribution is -0.0172. The Morgan fingerprint density at radius 1 is 1.08 bits per heavy atom. The molecule has 1 N–H and O–H groups in total. The van der Waals surface area contributed by atoms with Crippen LogP contribution in [0.5, 0.6) is 5.75 Å². The number of rotatable bonds is 7. The van der Waals surface area contributed by atoms with E-state index in [1.807, 2.05) is 48.0 Å². The van der Waals surface area contributed by atoms with Gasteiger partial charge in [0.15, 0.2) is 0 Å². The maximum absolute atomic E-state index is 13.6. The Morgan fingerprint density at radius 2 is 1.87 bits per heavy atom. The summed E-state index contributed by atoms with van der Waals surface area (Å²) in [4.78, 5) is 16.6. The van der Waals surface area contributed by atoms with Gasteiger partial charge in [0, 0.05) is 49.6 Å². The second kappa shape index (κ2) is 9.40. The molecule has 9 heteroatoms. The van der Waals surface area contributed by atoms with E-state index >= 15 is 0 Å². The van der Waals surface area contributed by atoms with Gasteiger partial charge in [0.2, 0.25) is 5.95 Å². The van der Waals surface area contributed by atoms with E-state index in [9.17, 15) is 4.39 Å². The highest BCUT2D eigenvalue weighted by molar-refractivity contribution is 5.65. The normalized spacial score (nSPS) is 17.7. The third-order valence-corrected chi connectivity index (χ3v) is 7.57. The molecular weight excluding hydrogens is 483 g/mol. The molecule has 0 amide bonds. The minimum absolute atomic E-state index is 0.0874. The number of anilines is 3. The lowest BCUT2D eigenvalue weighted by Crippen LogP contribution is -2.61. The molecule has 8 nitrogen and oxygen atoms in total. The van der Waals surface area contributed by atoms with Crippen LogP contribution in [0.4, 0.5) is 21.8 Å². The van der Waals surface area contributed by atoms with Gasteiger partial charge in [-0.15, -0.1) is 0 Å². The second-order valence-electron chi connectivity index (χ2n) is 10.3. The van der Waals surface area contributed by atoms with Crippen LogP contribution in [0.1, 0.15) is 41.8 Å². The molecule has 2 aliphatic rings. The first-order valence-electron chi connectivity index (χ1n) is 12.8. The minimum Gasteiger partial charge on any atom is -0.494 e. The summed E-state index contributed by atoms with van der Waals surface area (Å²) in [6.45, 7) is 5.59. The Morgan fingerprint density at radius 3 is 2.55 bits per heavy atom. The van der Waals surface area contributed by atoms with Crippen LogP contribution in [0, 0.1) is 12.7 Å². The molecule has 1 aliphatic carbocycles. The maximum atomic E-state index is 13.6. The van der Waals surface area contributed by atoms with Crippen LogP contribution < -0.4 is 15.0 Å². The second-order valence-corrected chi connectivity index (χ2v) is 10.3. The van der Waals surface area contributed by atoms with Gasteiger partial charge in [-0.05, 0) is 56.5 Å². The number of fused-ring (bicyclic) bond motifs is 1. The molecular formula is C29H31FN6O2. The highest BCUT2D eigenvalue weighted by Crippen LogP contribution is 2.43. The predicted octanol–water partition coefficient (Wildman–Crippen LogP) is 5.17. The fraction of sp³-hybridized carbons (Fsp3) is 0.345.